The van der Waals surface area contributed by atoms with Crippen LogP contribution in [0.15, 0.2) is 18.2 Å². The smallest absolute Gasteiger partial charge is 0.131 e. The van der Waals surface area contributed by atoms with Gasteiger partial charge in [0.05, 0.1) is 7.11 Å². The van der Waals surface area contributed by atoms with Crippen LogP contribution in [-0.4, -0.2) is 38.2 Å². The molecule has 1 heterocycles. The molecule has 0 amide bonds. The molecule has 1 saturated heterocycles. The Bertz CT molecular complexity index is 391. The highest BCUT2D eigenvalue weighted by molar-refractivity contribution is 5.37. The zero-order valence-electron chi connectivity index (χ0n) is 11.1. The summed E-state index contributed by atoms with van der Waals surface area (Å²) in [5.74, 6) is 0.486. The van der Waals surface area contributed by atoms with Gasteiger partial charge in [-0.15, -0.1) is 0 Å². The van der Waals surface area contributed by atoms with Crippen LogP contribution in [-0.2, 0) is 0 Å². The van der Waals surface area contributed by atoms with Crippen molar-refractivity contribution in [3.63, 3.8) is 0 Å². The van der Waals surface area contributed by atoms with Crippen LogP contribution in [0.4, 0.5) is 4.39 Å². The van der Waals surface area contributed by atoms with Crippen molar-refractivity contribution in [2.45, 2.75) is 19.4 Å². The Morgan fingerprint density at radius 1 is 1.39 bits per heavy atom. The molecule has 100 valence electrons. The van der Waals surface area contributed by atoms with E-state index in [-0.39, 0.29) is 11.9 Å². The lowest BCUT2D eigenvalue weighted by atomic mass is 10.00. The van der Waals surface area contributed by atoms with Crippen LogP contribution >= 0.6 is 0 Å². The van der Waals surface area contributed by atoms with E-state index in [9.17, 15) is 4.39 Å². The molecule has 0 saturated carbocycles. The first-order valence-corrected chi connectivity index (χ1v) is 6.55. The zero-order valence-corrected chi connectivity index (χ0v) is 11.1. The molecule has 3 nitrogen and oxygen atoms in total. The summed E-state index contributed by atoms with van der Waals surface area (Å²) in [6.45, 7) is 5.94. The van der Waals surface area contributed by atoms with E-state index in [0.29, 0.717) is 11.3 Å². The molecule has 1 aliphatic heterocycles. The summed E-state index contributed by atoms with van der Waals surface area (Å²) in [7, 11) is 1.60. The lowest BCUT2D eigenvalue weighted by Gasteiger charge is -2.35. The Morgan fingerprint density at radius 2 is 2.11 bits per heavy atom. The van der Waals surface area contributed by atoms with Gasteiger partial charge in [0, 0.05) is 37.8 Å². The molecule has 0 spiro atoms. The number of hydrogen-bond donors (Lipinski definition) is 1. The summed E-state index contributed by atoms with van der Waals surface area (Å²) in [5, 5.41) is 3.32. The van der Waals surface area contributed by atoms with Gasteiger partial charge in [0.15, 0.2) is 0 Å². The maximum Gasteiger partial charge on any atom is 0.131 e. The monoisotopic (exact) mass is 252 g/mol. The normalized spacial score (nSPS) is 18.6. The number of nitrogens with one attached hydrogen (secondary N) is 1. The van der Waals surface area contributed by atoms with Crippen molar-refractivity contribution >= 4 is 0 Å². The first-order chi connectivity index (χ1) is 8.77. The molecule has 0 bridgehead atoms. The molecule has 18 heavy (non-hydrogen) atoms. The number of nitrogens with zero attached hydrogens (tertiary/aromatic N) is 1. The van der Waals surface area contributed by atoms with Crippen LogP contribution in [0.25, 0.3) is 0 Å². The molecule has 1 N–H and O–H groups in total. The van der Waals surface area contributed by atoms with Crippen molar-refractivity contribution in [3.05, 3.63) is 29.6 Å². The van der Waals surface area contributed by atoms with E-state index in [1.54, 1.807) is 13.2 Å². The Hall–Kier alpha value is -1.13. The van der Waals surface area contributed by atoms with Gasteiger partial charge in [0.2, 0.25) is 0 Å². The van der Waals surface area contributed by atoms with Crippen molar-refractivity contribution in [3.8, 4) is 5.75 Å². The fourth-order valence-electron chi connectivity index (χ4n) is 2.66. The van der Waals surface area contributed by atoms with Crippen molar-refractivity contribution in [1.29, 1.82) is 0 Å². The summed E-state index contributed by atoms with van der Waals surface area (Å²) in [4.78, 5) is 2.33. The number of methoxy groups -OCH3 is 1. The van der Waals surface area contributed by atoms with Crippen LogP contribution in [0.1, 0.15) is 24.9 Å². The van der Waals surface area contributed by atoms with Crippen LogP contribution in [0.2, 0.25) is 0 Å². The van der Waals surface area contributed by atoms with Gasteiger partial charge in [-0.25, -0.2) is 4.39 Å². The van der Waals surface area contributed by atoms with Gasteiger partial charge in [-0.05, 0) is 18.6 Å². The predicted molar refractivity (Wildman–Crippen MR) is 70.4 cm³/mol. The number of piperazine rings is 1. The number of ether oxygens (including phenoxy) is 1. The maximum atomic E-state index is 14.1. The second-order valence-electron chi connectivity index (χ2n) is 4.57. The highest BCUT2D eigenvalue weighted by atomic mass is 19.1. The van der Waals surface area contributed by atoms with E-state index in [0.717, 1.165) is 32.6 Å². The zero-order chi connectivity index (χ0) is 13.0. The highest BCUT2D eigenvalue weighted by Gasteiger charge is 2.25. The van der Waals surface area contributed by atoms with Crippen molar-refractivity contribution in [2.75, 3.05) is 33.3 Å². The molecule has 0 unspecified atom stereocenters. The van der Waals surface area contributed by atoms with Crippen molar-refractivity contribution in [2.24, 2.45) is 0 Å². The topological polar surface area (TPSA) is 24.5 Å². The molecule has 1 aromatic carbocycles. The predicted octanol–water partition coefficient (Wildman–Crippen LogP) is 2.19. The lowest BCUT2D eigenvalue weighted by Crippen LogP contribution is -2.45. The molecule has 1 fully saturated rings. The Kier molecular flexibility index (Phi) is 4.55. The first-order valence-electron chi connectivity index (χ1n) is 6.55. The van der Waals surface area contributed by atoms with Gasteiger partial charge < -0.3 is 10.1 Å². The molecule has 0 aliphatic carbocycles. The van der Waals surface area contributed by atoms with E-state index in [2.05, 4.69) is 17.1 Å². The fraction of sp³-hybridized carbons (Fsp3) is 0.571. The fourth-order valence-corrected chi connectivity index (χ4v) is 2.66. The van der Waals surface area contributed by atoms with Crippen LogP contribution in [0.5, 0.6) is 5.75 Å². The molecular formula is C14H21FN2O. The van der Waals surface area contributed by atoms with Gasteiger partial charge in [-0.3, -0.25) is 4.90 Å². The standard InChI is InChI=1S/C14H21FN2O/c1-3-12(17-9-7-16-8-10-17)14-11(15)5-4-6-13(14)18-2/h4-6,12,16H,3,7-10H2,1-2H3/t12-/m1/s1. The van der Waals surface area contributed by atoms with E-state index in [1.165, 1.54) is 6.07 Å². The lowest BCUT2D eigenvalue weighted by molar-refractivity contribution is 0.163. The molecule has 0 radical (unpaired) electrons. The van der Waals surface area contributed by atoms with Crippen LogP contribution < -0.4 is 10.1 Å². The summed E-state index contributed by atoms with van der Waals surface area (Å²) < 4.78 is 19.4. The van der Waals surface area contributed by atoms with Gasteiger partial charge >= 0.3 is 0 Å². The minimum Gasteiger partial charge on any atom is -0.496 e. The molecule has 2 rings (SSSR count). The summed E-state index contributed by atoms with van der Waals surface area (Å²) >= 11 is 0. The average Bonchev–Trinajstić information content (AvgIpc) is 2.42. The van der Waals surface area contributed by atoms with E-state index in [4.69, 9.17) is 4.74 Å². The number of rotatable bonds is 4. The third-order valence-corrected chi connectivity index (χ3v) is 3.55. The Morgan fingerprint density at radius 3 is 2.72 bits per heavy atom. The quantitative estimate of drug-likeness (QED) is 0.889. The van der Waals surface area contributed by atoms with Gasteiger partial charge in [0.1, 0.15) is 11.6 Å². The van der Waals surface area contributed by atoms with Gasteiger partial charge in [0.25, 0.3) is 0 Å². The molecule has 1 atom stereocenters. The van der Waals surface area contributed by atoms with E-state index >= 15 is 0 Å². The molecule has 4 heteroatoms. The minimum atomic E-state index is -0.167. The number of hydrogen-bond acceptors (Lipinski definition) is 3. The number of benzene rings is 1. The van der Waals surface area contributed by atoms with Crippen LogP contribution in [0, 0.1) is 5.82 Å². The van der Waals surface area contributed by atoms with E-state index < -0.39 is 0 Å². The van der Waals surface area contributed by atoms with Gasteiger partial charge in [-0.2, -0.15) is 0 Å². The van der Waals surface area contributed by atoms with Gasteiger partial charge in [-0.1, -0.05) is 13.0 Å². The summed E-state index contributed by atoms with van der Waals surface area (Å²) in [6, 6.07) is 5.15. The Labute approximate surface area is 108 Å². The largest absolute Gasteiger partial charge is 0.496 e. The molecule has 0 aromatic heterocycles. The second kappa shape index (κ2) is 6.16. The number of halogens is 1. The third kappa shape index (κ3) is 2.65. The summed E-state index contributed by atoms with van der Waals surface area (Å²) in [5.41, 5.74) is 0.699. The highest BCUT2D eigenvalue weighted by Crippen LogP contribution is 2.33. The maximum absolute atomic E-state index is 14.1. The molecule has 1 aromatic rings. The van der Waals surface area contributed by atoms with E-state index in [1.807, 2.05) is 6.07 Å². The SMILES string of the molecule is CC[C@H](c1c(F)cccc1OC)N1CCNCC1. The molecular weight excluding hydrogens is 231 g/mol. The second-order valence-corrected chi connectivity index (χ2v) is 4.57. The van der Waals surface area contributed by atoms with Crippen molar-refractivity contribution in [1.82, 2.24) is 10.2 Å². The summed E-state index contributed by atoms with van der Waals surface area (Å²) in [6.07, 6.45) is 0.886. The minimum absolute atomic E-state index is 0.100. The average molecular weight is 252 g/mol. The van der Waals surface area contributed by atoms with Crippen molar-refractivity contribution < 1.29 is 9.13 Å². The third-order valence-electron chi connectivity index (χ3n) is 3.55. The first kappa shape index (κ1) is 13.3. The Balaban J connectivity index is 2.31. The molecule has 1 aliphatic rings. The van der Waals surface area contributed by atoms with Crippen LogP contribution in [0.3, 0.4) is 0 Å².